The van der Waals surface area contributed by atoms with Crippen molar-refractivity contribution < 1.29 is 14.4 Å². The van der Waals surface area contributed by atoms with E-state index in [1.807, 2.05) is 0 Å². The van der Waals surface area contributed by atoms with Crippen LogP contribution in [0.2, 0.25) is 0 Å². The lowest BCUT2D eigenvalue weighted by Crippen LogP contribution is -2.62. The summed E-state index contributed by atoms with van der Waals surface area (Å²) in [5, 5.41) is 10.2. The first-order valence-corrected chi connectivity index (χ1v) is 11.9. The maximum atomic E-state index is 13.0. The SMILES string of the molecule is CC(C)CCNC(=O)[C@]1(C)Cn2nc(C(=O)NCCCN3CCN(C)CC3)cc2C(=O)N1C. The standard InChI is InChI=1S/C23H39N7O3/c1-17(2)7-9-25-22(33)23(3)16-30-19(21(32)28(23)5)15-18(26-30)20(31)24-8-6-10-29-13-11-27(4)12-14-29/h15,17H,6-14,16H2,1-5H3,(H,24,31)(H,25,33)/t23-/m0/s1. The minimum absolute atomic E-state index is 0.203. The Morgan fingerprint density at radius 2 is 1.82 bits per heavy atom. The Balaban J connectivity index is 1.56. The Morgan fingerprint density at radius 1 is 1.12 bits per heavy atom. The Labute approximate surface area is 196 Å². The highest BCUT2D eigenvalue weighted by molar-refractivity contribution is 6.01. The first-order valence-electron chi connectivity index (χ1n) is 11.9. The van der Waals surface area contributed by atoms with Gasteiger partial charge in [-0.15, -0.1) is 0 Å². The van der Waals surface area contributed by atoms with E-state index < -0.39 is 5.54 Å². The molecular formula is C23H39N7O3. The van der Waals surface area contributed by atoms with E-state index in [4.69, 9.17) is 0 Å². The number of carbonyl (C=O) groups excluding carboxylic acids is 3. The normalized spacial score (nSPS) is 21.9. The maximum Gasteiger partial charge on any atom is 0.272 e. The van der Waals surface area contributed by atoms with Crippen molar-refractivity contribution in [1.82, 2.24) is 35.1 Å². The third-order valence-electron chi connectivity index (χ3n) is 6.76. The van der Waals surface area contributed by atoms with Gasteiger partial charge in [-0.2, -0.15) is 5.10 Å². The molecule has 33 heavy (non-hydrogen) atoms. The first-order chi connectivity index (χ1) is 15.6. The molecule has 3 heterocycles. The number of amides is 3. The molecule has 1 aromatic heterocycles. The monoisotopic (exact) mass is 461 g/mol. The van der Waals surface area contributed by atoms with Crippen LogP contribution in [-0.4, -0.2) is 108 Å². The Bertz CT molecular complexity index is 860. The van der Waals surface area contributed by atoms with E-state index in [0.717, 1.165) is 45.6 Å². The molecule has 10 nitrogen and oxygen atoms in total. The van der Waals surface area contributed by atoms with Crippen LogP contribution < -0.4 is 10.6 Å². The Kier molecular flexibility index (Phi) is 8.12. The zero-order chi connectivity index (χ0) is 24.2. The quantitative estimate of drug-likeness (QED) is 0.512. The highest BCUT2D eigenvalue weighted by Crippen LogP contribution is 2.26. The van der Waals surface area contributed by atoms with E-state index in [1.54, 1.807) is 14.0 Å². The molecule has 3 rings (SSSR count). The lowest BCUT2D eigenvalue weighted by atomic mass is 9.95. The van der Waals surface area contributed by atoms with Crippen molar-refractivity contribution in [3.8, 4) is 0 Å². The second-order valence-electron chi connectivity index (χ2n) is 9.90. The molecule has 2 N–H and O–H groups in total. The van der Waals surface area contributed by atoms with Crippen LogP contribution in [0.3, 0.4) is 0 Å². The van der Waals surface area contributed by atoms with Gasteiger partial charge in [0.05, 0.1) is 6.54 Å². The molecule has 0 aromatic carbocycles. The number of nitrogens with one attached hydrogen (secondary N) is 2. The summed E-state index contributed by atoms with van der Waals surface area (Å²) >= 11 is 0. The van der Waals surface area contributed by atoms with Gasteiger partial charge in [-0.3, -0.25) is 19.1 Å². The molecule has 0 unspecified atom stereocenters. The summed E-state index contributed by atoms with van der Waals surface area (Å²) in [7, 11) is 3.76. The number of rotatable bonds is 9. The van der Waals surface area contributed by atoms with Gasteiger partial charge in [0.25, 0.3) is 11.8 Å². The summed E-state index contributed by atoms with van der Waals surface area (Å²) in [6, 6.07) is 1.52. The summed E-state index contributed by atoms with van der Waals surface area (Å²) < 4.78 is 1.49. The first kappa shape index (κ1) is 25.2. The van der Waals surface area contributed by atoms with Crippen LogP contribution in [-0.2, 0) is 11.3 Å². The van der Waals surface area contributed by atoms with Gasteiger partial charge in [0.1, 0.15) is 11.2 Å². The number of nitrogens with zero attached hydrogens (tertiary/aromatic N) is 5. The van der Waals surface area contributed by atoms with Gasteiger partial charge >= 0.3 is 0 Å². The van der Waals surface area contributed by atoms with Crippen molar-refractivity contribution in [2.45, 2.75) is 45.7 Å². The van der Waals surface area contributed by atoms with E-state index >= 15 is 0 Å². The van der Waals surface area contributed by atoms with E-state index in [9.17, 15) is 14.4 Å². The lowest BCUT2D eigenvalue weighted by molar-refractivity contribution is -0.132. The van der Waals surface area contributed by atoms with Gasteiger partial charge in [-0.25, -0.2) is 0 Å². The van der Waals surface area contributed by atoms with Crippen molar-refractivity contribution in [2.75, 3.05) is 59.9 Å². The number of hydrogen-bond donors (Lipinski definition) is 2. The molecule has 0 spiro atoms. The van der Waals surface area contributed by atoms with Crippen LogP contribution in [0.4, 0.5) is 0 Å². The highest BCUT2D eigenvalue weighted by Gasteiger charge is 2.46. The second kappa shape index (κ2) is 10.6. The molecular weight excluding hydrogens is 422 g/mol. The summed E-state index contributed by atoms with van der Waals surface area (Å²) in [5.41, 5.74) is -0.535. The second-order valence-corrected chi connectivity index (χ2v) is 9.90. The van der Waals surface area contributed by atoms with Crippen LogP contribution in [0.1, 0.15) is 54.6 Å². The average Bonchev–Trinajstić information content (AvgIpc) is 3.20. The molecule has 3 amide bonds. The molecule has 2 aliphatic rings. The third kappa shape index (κ3) is 5.92. The number of fused-ring (bicyclic) bond motifs is 1. The van der Waals surface area contributed by atoms with Crippen molar-refractivity contribution in [1.29, 1.82) is 0 Å². The molecule has 1 fully saturated rings. The maximum absolute atomic E-state index is 13.0. The van der Waals surface area contributed by atoms with Gasteiger partial charge in [-0.1, -0.05) is 13.8 Å². The number of piperazine rings is 1. The molecule has 0 bridgehead atoms. The largest absolute Gasteiger partial charge is 0.354 e. The van der Waals surface area contributed by atoms with E-state index in [2.05, 4.69) is 46.4 Å². The number of likely N-dealkylation sites (N-methyl/N-ethyl adjacent to an activating group) is 2. The van der Waals surface area contributed by atoms with Crippen LogP contribution in [0.25, 0.3) is 0 Å². The minimum Gasteiger partial charge on any atom is -0.354 e. The average molecular weight is 462 g/mol. The van der Waals surface area contributed by atoms with Crippen LogP contribution >= 0.6 is 0 Å². The van der Waals surface area contributed by atoms with E-state index in [0.29, 0.717) is 24.7 Å². The van der Waals surface area contributed by atoms with Crippen LogP contribution in [0.15, 0.2) is 6.07 Å². The topological polar surface area (TPSA) is 103 Å². The van der Waals surface area contributed by atoms with Gasteiger partial charge in [0.2, 0.25) is 5.91 Å². The molecule has 0 radical (unpaired) electrons. The zero-order valence-electron chi connectivity index (χ0n) is 20.7. The van der Waals surface area contributed by atoms with Crippen LogP contribution in [0, 0.1) is 5.92 Å². The van der Waals surface area contributed by atoms with Crippen molar-refractivity contribution in [3.63, 3.8) is 0 Å². The fourth-order valence-corrected chi connectivity index (χ4v) is 4.17. The highest BCUT2D eigenvalue weighted by atomic mass is 16.2. The number of hydrogen-bond acceptors (Lipinski definition) is 6. The molecule has 1 aromatic rings. The van der Waals surface area contributed by atoms with Crippen molar-refractivity contribution >= 4 is 17.7 Å². The number of carbonyl (C=O) groups is 3. The van der Waals surface area contributed by atoms with E-state index in [-0.39, 0.29) is 30.0 Å². The summed E-state index contributed by atoms with van der Waals surface area (Å²) in [5.74, 6) is -0.350. The molecule has 1 atom stereocenters. The molecule has 10 heteroatoms. The summed E-state index contributed by atoms with van der Waals surface area (Å²) in [6.45, 7) is 12.4. The van der Waals surface area contributed by atoms with Gasteiger partial charge < -0.3 is 25.3 Å². The van der Waals surface area contributed by atoms with Gasteiger partial charge in [0.15, 0.2) is 5.69 Å². The predicted octanol–water partition coefficient (Wildman–Crippen LogP) is 0.257. The van der Waals surface area contributed by atoms with Gasteiger partial charge in [-0.05, 0) is 39.3 Å². The minimum atomic E-state index is -1.07. The number of aromatic nitrogens is 2. The predicted molar refractivity (Wildman–Crippen MR) is 126 cm³/mol. The molecule has 2 aliphatic heterocycles. The van der Waals surface area contributed by atoms with E-state index in [1.165, 1.54) is 15.6 Å². The van der Waals surface area contributed by atoms with Gasteiger partial charge in [0, 0.05) is 52.4 Å². The van der Waals surface area contributed by atoms with Crippen molar-refractivity contribution in [2.24, 2.45) is 5.92 Å². The van der Waals surface area contributed by atoms with Crippen molar-refractivity contribution in [3.05, 3.63) is 17.5 Å². The smallest absolute Gasteiger partial charge is 0.272 e. The molecule has 0 saturated carbocycles. The fraction of sp³-hybridized carbons (Fsp3) is 0.739. The van der Waals surface area contributed by atoms with Crippen LogP contribution in [0.5, 0.6) is 0 Å². The third-order valence-corrected chi connectivity index (χ3v) is 6.76. The fourth-order valence-electron chi connectivity index (χ4n) is 4.17. The molecule has 184 valence electrons. The Hall–Kier alpha value is -2.46. The zero-order valence-corrected chi connectivity index (χ0v) is 20.7. The molecule has 0 aliphatic carbocycles. The summed E-state index contributed by atoms with van der Waals surface area (Å²) in [4.78, 5) is 44.7. The lowest BCUT2D eigenvalue weighted by Gasteiger charge is -2.40. The Morgan fingerprint density at radius 3 is 2.48 bits per heavy atom. The summed E-state index contributed by atoms with van der Waals surface area (Å²) in [6.07, 6.45) is 1.73. The molecule has 1 saturated heterocycles.